The number of hydrogen-bond donors (Lipinski definition) is 1. The van der Waals surface area contributed by atoms with E-state index in [2.05, 4.69) is 12.2 Å². The Bertz CT molecular complexity index is 739. The molecule has 30 heavy (non-hydrogen) atoms. The van der Waals surface area contributed by atoms with Crippen molar-refractivity contribution in [2.75, 3.05) is 20.2 Å². The second-order valence-electron chi connectivity index (χ2n) is 10.0. The lowest BCUT2D eigenvalue weighted by atomic mass is 10.0. The van der Waals surface area contributed by atoms with Crippen LogP contribution in [-0.2, 0) is 20.7 Å². The molecule has 3 rings (SSSR count). The van der Waals surface area contributed by atoms with Crippen molar-refractivity contribution in [3.8, 4) is 0 Å². The summed E-state index contributed by atoms with van der Waals surface area (Å²) in [5.74, 6) is 0.261. The molecule has 1 amide bonds. The van der Waals surface area contributed by atoms with Crippen LogP contribution < -0.4 is 5.32 Å². The Kier molecular flexibility index (Phi) is 6.75. The van der Waals surface area contributed by atoms with Crippen molar-refractivity contribution in [1.82, 2.24) is 10.2 Å². The maximum absolute atomic E-state index is 12.8. The Hall–Kier alpha value is -2.08. The molecule has 3 atom stereocenters. The van der Waals surface area contributed by atoms with E-state index in [0.29, 0.717) is 25.4 Å². The summed E-state index contributed by atoms with van der Waals surface area (Å²) in [5.41, 5.74) is 0.587. The molecule has 0 unspecified atom stereocenters. The largest absolute Gasteiger partial charge is 0.468 e. The van der Waals surface area contributed by atoms with Gasteiger partial charge in [0.25, 0.3) is 0 Å². The molecule has 0 bridgehead atoms. The summed E-state index contributed by atoms with van der Waals surface area (Å²) < 4.78 is 10.7. The van der Waals surface area contributed by atoms with Gasteiger partial charge in [-0.15, -0.1) is 0 Å². The normalized spacial score (nSPS) is 22.7. The van der Waals surface area contributed by atoms with Gasteiger partial charge in [-0.05, 0) is 57.9 Å². The highest BCUT2D eigenvalue weighted by molar-refractivity contribution is 5.76. The molecule has 0 radical (unpaired) electrons. The number of nitrogens with one attached hydrogen (secondary N) is 1. The standard InChI is InChI=1S/C24H36N2O4/c1-17-13-20(17)26(22(28)30-23(2,3)4)16-24(11-12-24)15-25-19(21(27)29-5)14-18-9-7-6-8-10-18/h6-10,17,19-20,25H,11-16H2,1-5H3/t17-,19+,20-/m1/s1. The quantitative estimate of drug-likeness (QED) is 0.621. The summed E-state index contributed by atoms with van der Waals surface area (Å²) in [5, 5.41) is 3.43. The second kappa shape index (κ2) is 8.96. The van der Waals surface area contributed by atoms with E-state index < -0.39 is 11.6 Å². The monoisotopic (exact) mass is 416 g/mol. The van der Waals surface area contributed by atoms with Gasteiger partial charge in [0.05, 0.1) is 7.11 Å². The van der Waals surface area contributed by atoms with Gasteiger partial charge in [0.2, 0.25) is 0 Å². The summed E-state index contributed by atoms with van der Waals surface area (Å²) in [7, 11) is 1.42. The molecule has 6 heteroatoms. The van der Waals surface area contributed by atoms with Crippen LogP contribution in [0, 0.1) is 11.3 Å². The van der Waals surface area contributed by atoms with Crippen LogP contribution in [-0.4, -0.2) is 54.8 Å². The van der Waals surface area contributed by atoms with Gasteiger partial charge in [-0.25, -0.2) is 4.79 Å². The van der Waals surface area contributed by atoms with E-state index in [4.69, 9.17) is 9.47 Å². The fourth-order valence-corrected chi connectivity index (χ4v) is 3.87. The first-order chi connectivity index (χ1) is 14.1. The molecule has 2 saturated carbocycles. The van der Waals surface area contributed by atoms with Gasteiger partial charge >= 0.3 is 12.1 Å². The first kappa shape index (κ1) is 22.6. The third-order valence-corrected chi connectivity index (χ3v) is 6.05. The Morgan fingerprint density at radius 3 is 2.37 bits per heavy atom. The van der Waals surface area contributed by atoms with Crippen LogP contribution in [0.15, 0.2) is 30.3 Å². The van der Waals surface area contributed by atoms with E-state index in [1.807, 2.05) is 56.0 Å². The van der Waals surface area contributed by atoms with Gasteiger partial charge < -0.3 is 19.7 Å². The van der Waals surface area contributed by atoms with Gasteiger partial charge in [0.1, 0.15) is 11.6 Å². The summed E-state index contributed by atoms with van der Waals surface area (Å²) in [4.78, 5) is 27.1. The average molecular weight is 417 g/mol. The van der Waals surface area contributed by atoms with E-state index in [0.717, 1.165) is 24.8 Å². The number of benzene rings is 1. The molecule has 0 aliphatic heterocycles. The maximum Gasteiger partial charge on any atom is 0.410 e. The molecule has 166 valence electrons. The number of esters is 1. The van der Waals surface area contributed by atoms with E-state index in [-0.39, 0.29) is 23.5 Å². The van der Waals surface area contributed by atoms with Crippen molar-refractivity contribution in [3.63, 3.8) is 0 Å². The fourth-order valence-electron chi connectivity index (χ4n) is 3.87. The lowest BCUT2D eigenvalue weighted by Crippen LogP contribution is -2.47. The van der Waals surface area contributed by atoms with Gasteiger partial charge in [0, 0.05) is 24.5 Å². The molecule has 2 aliphatic rings. The van der Waals surface area contributed by atoms with E-state index >= 15 is 0 Å². The van der Waals surface area contributed by atoms with Crippen molar-refractivity contribution < 1.29 is 19.1 Å². The summed E-state index contributed by atoms with van der Waals surface area (Å²) >= 11 is 0. The molecule has 0 spiro atoms. The van der Waals surface area contributed by atoms with Crippen LogP contribution in [0.2, 0.25) is 0 Å². The third kappa shape index (κ3) is 6.21. The highest BCUT2D eigenvalue weighted by Gasteiger charge is 2.50. The van der Waals surface area contributed by atoms with Crippen molar-refractivity contribution in [1.29, 1.82) is 0 Å². The van der Waals surface area contributed by atoms with Crippen LogP contribution in [0.5, 0.6) is 0 Å². The second-order valence-corrected chi connectivity index (χ2v) is 10.0. The van der Waals surface area contributed by atoms with Crippen molar-refractivity contribution in [2.24, 2.45) is 11.3 Å². The minimum atomic E-state index is -0.506. The van der Waals surface area contributed by atoms with Gasteiger partial charge in [-0.3, -0.25) is 4.79 Å². The van der Waals surface area contributed by atoms with Crippen molar-refractivity contribution in [2.45, 2.75) is 71.1 Å². The van der Waals surface area contributed by atoms with Crippen LogP contribution in [0.3, 0.4) is 0 Å². The van der Waals surface area contributed by atoms with Crippen molar-refractivity contribution >= 4 is 12.1 Å². The molecule has 6 nitrogen and oxygen atoms in total. The number of methoxy groups -OCH3 is 1. The number of carbonyl (C=O) groups excluding carboxylic acids is 2. The van der Waals surface area contributed by atoms with E-state index in [1.54, 1.807) is 0 Å². The minimum absolute atomic E-state index is 0.00216. The zero-order valence-corrected chi connectivity index (χ0v) is 18.9. The molecule has 0 heterocycles. The SMILES string of the molecule is COC(=O)[C@H](Cc1ccccc1)NCC1(CN(C(=O)OC(C)(C)C)[C@@H]2C[C@H]2C)CC1. The van der Waals surface area contributed by atoms with Crippen molar-refractivity contribution in [3.05, 3.63) is 35.9 Å². The maximum atomic E-state index is 12.8. The Morgan fingerprint density at radius 2 is 1.87 bits per heavy atom. The predicted molar refractivity (Wildman–Crippen MR) is 116 cm³/mol. The Balaban J connectivity index is 1.62. The van der Waals surface area contributed by atoms with Crippen LogP contribution in [0.1, 0.15) is 52.5 Å². The summed E-state index contributed by atoms with van der Waals surface area (Å²) in [6, 6.07) is 9.81. The first-order valence-electron chi connectivity index (χ1n) is 11.0. The summed E-state index contributed by atoms with van der Waals surface area (Å²) in [6.45, 7) is 9.23. The van der Waals surface area contributed by atoms with E-state index in [9.17, 15) is 9.59 Å². The predicted octanol–water partition coefficient (Wildman–Crippen LogP) is 3.79. The topological polar surface area (TPSA) is 67.9 Å². The average Bonchev–Trinajstić information content (AvgIpc) is 3.60. The van der Waals surface area contributed by atoms with Gasteiger partial charge in [-0.1, -0.05) is 37.3 Å². The van der Waals surface area contributed by atoms with Crippen LogP contribution >= 0.6 is 0 Å². The molecule has 1 N–H and O–H groups in total. The first-order valence-corrected chi connectivity index (χ1v) is 11.0. The number of nitrogens with zero attached hydrogens (tertiary/aromatic N) is 1. The molecule has 1 aromatic rings. The smallest absolute Gasteiger partial charge is 0.410 e. The lowest BCUT2D eigenvalue weighted by molar-refractivity contribution is -0.143. The number of hydrogen-bond acceptors (Lipinski definition) is 5. The van der Waals surface area contributed by atoms with Gasteiger partial charge in [-0.2, -0.15) is 0 Å². The molecule has 2 fully saturated rings. The number of carbonyl (C=O) groups is 2. The van der Waals surface area contributed by atoms with Crippen LogP contribution in [0.25, 0.3) is 0 Å². The number of amides is 1. The highest BCUT2D eigenvalue weighted by atomic mass is 16.6. The molecule has 1 aromatic carbocycles. The summed E-state index contributed by atoms with van der Waals surface area (Å²) in [6.07, 6.45) is 3.47. The fraction of sp³-hybridized carbons (Fsp3) is 0.667. The van der Waals surface area contributed by atoms with Gasteiger partial charge in [0.15, 0.2) is 0 Å². The minimum Gasteiger partial charge on any atom is -0.468 e. The molecule has 2 aliphatic carbocycles. The zero-order chi connectivity index (χ0) is 21.9. The number of ether oxygens (including phenoxy) is 2. The molecular formula is C24H36N2O4. The lowest BCUT2D eigenvalue weighted by Gasteiger charge is -2.31. The molecular weight excluding hydrogens is 380 g/mol. The molecule has 0 saturated heterocycles. The van der Waals surface area contributed by atoms with E-state index in [1.165, 1.54) is 7.11 Å². The molecule has 0 aromatic heterocycles. The zero-order valence-electron chi connectivity index (χ0n) is 18.9. The highest BCUT2D eigenvalue weighted by Crippen LogP contribution is 2.48. The van der Waals surface area contributed by atoms with Crippen LogP contribution in [0.4, 0.5) is 4.79 Å². The Labute approximate surface area is 180 Å². The number of rotatable bonds is 9. The Morgan fingerprint density at radius 1 is 1.23 bits per heavy atom. The third-order valence-electron chi connectivity index (χ3n) is 6.05.